The number of aryl methyl sites for hydroxylation is 2. The third-order valence-corrected chi connectivity index (χ3v) is 5.28. The molecule has 4 heteroatoms. The van der Waals surface area contributed by atoms with Crippen LogP contribution in [0.4, 0.5) is 5.69 Å². The lowest BCUT2D eigenvalue weighted by molar-refractivity contribution is 0.0736. The molecule has 1 aromatic heterocycles. The van der Waals surface area contributed by atoms with E-state index in [0.717, 1.165) is 49.3 Å². The van der Waals surface area contributed by atoms with Crippen LogP contribution in [-0.4, -0.2) is 41.6 Å². The maximum atomic E-state index is 13.1. The Balaban J connectivity index is 1.52. The third-order valence-electron chi connectivity index (χ3n) is 5.28. The molecule has 2 aromatic carbocycles. The zero-order valence-corrected chi connectivity index (χ0v) is 15.5. The second kappa shape index (κ2) is 6.87. The summed E-state index contributed by atoms with van der Waals surface area (Å²) in [6.07, 6.45) is 0. The predicted octanol–water partition coefficient (Wildman–Crippen LogP) is 3.93. The van der Waals surface area contributed by atoms with E-state index in [1.165, 1.54) is 11.3 Å². The van der Waals surface area contributed by atoms with Crippen LogP contribution in [0.25, 0.3) is 10.9 Å². The molecule has 0 atom stereocenters. The van der Waals surface area contributed by atoms with Crippen LogP contribution in [0, 0.1) is 6.92 Å². The Morgan fingerprint density at radius 1 is 0.962 bits per heavy atom. The molecule has 1 aliphatic heterocycles. The number of rotatable bonds is 3. The number of anilines is 1. The van der Waals surface area contributed by atoms with Gasteiger partial charge in [-0.15, -0.1) is 0 Å². The number of carbonyl (C=O) groups excluding carboxylic acids is 1. The van der Waals surface area contributed by atoms with Crippen LogP contribution in [0.3, 0.4) is 0 Å². The van der Waals surface area contributed by atoms with Crippen LogP contribution >= 0.6 is 0 Å². The van der Waals surface area contributed by atoms with Gasteiger partial charge in [0.15, 0.2) is 0 Å². The normalized spacial score (nSPS) is 14.8. The van der Waals surface area contributed by atoms with E-state index in [9.17, 15) is 4.79 Å². The van der Waals surface area contributed by atoms with Crippen molar-refractivity contribution in [2.75, 3.05) is 31.1 Å². The van der Waals surface area contributed by atoms with Gasteiger partial charge in [0.05, 0.1) is 0 Å². The topological polar surface area (TPSA) is 28.5 Å². The van der Waals surface area contributed by atoms with Gasteiger partial charge in [-0.05, 0) is 43.7 Å². The molecule has 0 bridgehead atoms. The number of piperazine rings is 1. The van der Waals surface area contributed by atoms with Crippen LogP contribution in [0.5, 0.6) is 0 Å². The Kier molecular flexibility index (Phi) is 4.41. The smallest absolute Gasteiger partial charge is 0.270 e. The summed E-state index contributed by atoms with van der Waals surface area (Å²) in [6, 6.07) is 18.8. The van der Waals surface area contributed by atoms with Gasteiger partial charge in [-0.2, -0.15) is 0 Å². The molecule has 1 saturated heterocycles. The Labute approximate surface area is 154 Å². The van der Waals surface area contributed by atoms with Crippen molar-refractivity contribution in [3.05, 3.63) is 65.9 Å². The summed E-state index contributed by atoms with van der Waals surface area (Å²) in [5.41, 5.74) is 4.46. The zero-order valence-electron chi connectivity index (χ0n) is 15.5. The molecule has 3 aromatic rings. The predicted molar refractivity (Wildman–Crippen MR) is 107 cm³/mol. The van der Waals surface area contributed by atoms with E-state index >= 15 is 0 Å². The molecule has 0 spiro atoms. The molecule has 1 aliphatic rings. The molecule has 1 fully saturated rings. The number of amides is 1. The number of hydrogen-bond acceptors (Lipinski definition) is 2. The van der Waals surface area contributed by atoms with E-state index in [-0.39, 0.29) is 5.91 Å². The second-order valence-electron chi connectivity index (χ2n) is 6.95. The van der Waals surface area contributed by atoms with E-state index in [1.54, 1.807) is 0 Å². The van der Waals surface area contributed by atoms with Crippen molar-refractivity contribution in [2.45, 2.75) is 20.4 Å². The van der Waals surface area contributed by atoms with Crippen LogP contribution in [-0.2, 0) is 6.54 Å². The van der Waals surface area contributed by atoms with Gasteiger partial charge in [0, 0.05) is 49.3 Å². The lowest BCUT2D eigenvalue weighted by Crippen LogP contribution is -2.49. The fourth-order valence-corrected chi connectivity index (χ4v) is 3.88. The number of benzene rings is 2. The molecule has 0 unspecified atom stereocenters. The van der Waals surface area contributed by atoms with Gasteiger partial charge >= 0.3 is 0 Å². The quantitative estimate of drug-likeness (QED) is 0.718. The minimum absolute atomic E-state index is 0.145. The van der Waals surface area contributed by atoms with Gasteiger partial charge in [0.25, 0.3) is 5.91 Å². The first kappa shape index (κ1) is 16.7. The summed E-state index contributed by atoms with van der Waals surface area (Å²) in [6.45, 7) is 8.29. The molecular weight excluding hydrogens is 322 g/mol. The standard InChI is InChI=1S/C22H25N3O/c1-3-25-20-10-5-4-8-18(20)16-21(25)22(26)24-13-11-23(12-14-24)19-9-6-7-17(2)15-19/h4-10,15-16H,3,11-14H2,1-2H3. The van der Waals surface area contributed by atoms with E-state index in [1.807, 2.05) is 23.1 Å². The first-order valence-corrected chi connectivity index (χ1v) is 9.36. The Bertz CT molecular complexity index is 935. The average Bonchev–Trinajstić information content (AvgIpc) is 3.06. The van der Waals surface area contributed by atoms with Gasteiger partial charge < -0.3 is 14.4 Å². The maximum Gasteiger partial charge on any atom is 0.270 e. The molecule has 0 saturated carbocycles. The Morgan fingerprint density at radius 2 is 1.73 bits per heavy atom. The maximum absolute atomic E-state index is 13.1. The summed E-state index contributed by atoms with van der Waals surface area (Å²) in [5, 5.41) is 1.14. The molecule has 0 N–H and O–H groups in total. The number of aromatic nitrogens is 1. The molecule has 0 radical (unpaired) electrons. The van der Waals surface area contributed by atoms with Gasteiger partial charge in [0.2, 0.25) is 0 Å². The number of nitrogens with zero attached hydrogens (tertiary/aromatic N) is 3. The molecule has 4 rings (SSSR count). The number of hydrogen-bond donors (Lipinski definition) is 0. The molecule has 2 heterocycles. The number of carbonyl (C=O) groups is 1. The van der Waals surface area contributed by atoms with E-state index in [0.29, 0.717) is 0 Å². The average molecular weight is 347 g/mol. The van der Waals surface area contributed by atoms with Gasteiger partial charge in [-0.1, -0.05) is 30.3 Å². The van der Waals surface area contributed by atoms with Crippen LogP contribution < -0.4 is 4.90 Å². The Morgan fingerprint density at radius 3 is 2.46 bits per heavy atom. The van der Waals surface area contributed by atoms with Gasteiger partial charge in [0.1, 0.15) is 5.69 Å². The first-order chi connectivity index (χ1) is 12.7. The summed E-state index contributed by atoms with van der Waals surface area (Å²) >= 11 is 0. The van der Waals surface area contributed by atoms with Crippen molar-refractivity contribution in [3.8, 4) is 0 Å². The van der Waals surface area contributed by atoms with Crippen molar-refractivity contribution in [3.63, 3.8) is 0 Å². The summed E-state index contributed by atoms with van der Waals surface area (Å²) in [7, 11) is 0. The van der Waals surface area contributed by atoms with Crippen molar-refractivity contribution < 1.29 is 4.79 Å². The van der Waals surface area contributed by atoms with E-state index < -0.39 is 0 Å². The molecule has 134 valence electrons. The first-order valence-electron chi connectivity index (χ1n) is 9.36. The highest BCUT2D eigenvalue weighted by Crippen LogP contribution is 2.23. The summed E-state index contributed by atoms with van der Waals surface area (Å²) < 4.78 is 2.13. The van der Waals surface area contributed by atoms with Crippen molar-refractivity contribution in [2.24, 2.45) is 0 Å². The minimum atomic E-state index is 0.145. The van der Waals surface area contributed by atoms with Crippen molar-refractivity contribution in [1.82, 2.24) is 9.47 Å². The van der Waals surface area contributed by atoms with Gasteiger partial charge in [-0.25, -0.2) is 0 Å². The monoisotopic (exact) mass is 347 g/mol. The zero-order chi connectivity index (χ0) is 18.1. The molecular formula is C22H25N3O. The fraction of sp³-hybridized carbons (Fsp3) is 0.318. The number of para-hydroxylation sites is 1. The van der Waals surface area contributed by atoms with Crippen LogP contribution in [0.15, 0.2) is 54.6 Å². The molecule has 4 nitrogen and oxygen atoms in total. The van der Waals surface area contributed by atoms with Crippen molar-refractivity contribution >= 4 is 22.5 Å². The minimum Gasteiger partial charge on any atom is -0.368 e. The molecule has 0 aliphatic carbocycles. The third kappa shape index (κ3) is 2.96. The fourth-order valence-electron chi connectivity index (χ4n) is 3.88. The summed E-state index contributed by atoms with van der Waals surface area (Å²) in [5.74, 6) is 0.145. The highest BCUT2D eigenvalue weighted by Gasteiger charge is 2.25. The van der Waals surface area contributed by atoms with E-state index in [2.05, 4.69) is 59.7 Å². The lowest BCUT2D eigenvalue weighted by Gasteiger charge is -2.36. The molecule has 26 heavy (non-hydrogen) atoms. The molecule has 1 amide bonds. The number of fused-ring (bicyclic) bond motifs is 1. The largest absolute Gasteiger partial charge is 0.368 e. The van der Waals surface area contributed by atoms with Crippen LogP contribution in [0.2, 0.25) is 0 Å². The van der Waals surface area contributed by atoms with Crippen LogP contribution in [0.1, 0.15) is 23.0 Å². The second-order valence-corrected chi connectivity index (χ2v) is 6.95. The summed E-state index contributed by atoms with van der Waals surface area (Å²) in [4.78, 5) is 17.5. The van der Waals surface area contributed by atoms with Crippen molar-refractivity contribution in [1.29, 1.82) is 0 Å². The Hall–Kier alpha value is -2.75. The highest BCUT2D eigenvalue weighted by atomic mass is 16.2. The van der Waals surface area contributed by atoms with E-state index in [4.69, 9.17) is 0 Å². The lowest BCUT2D eigenvalue weighted by atomic mass is 10.2. The SMILES string of the molecule is CCn1c(C(=O)N2CCN(c3cccc(C)c3)CC2)cc2ccccc21. The van der Waals surface area contributed by atoms with Gasteiger partial charge in [-0.3, -0.25) is 4.79 Å². The highest BCUT2D eigenvalue weighted by molar-refractivity contribution is 5.99.